The van der Waals surface area contributed by atoms with Crippen molar-refractivity contribution in [3.63, 3.8) is 0 Å². The largest absolute Gasteiger partial charge is 0.291 e. The molecule has 0 aromatic carbocycles. The molecule has 68 valence electrons. The SMILES string of the molecule is CCC1(C)CCN(CC#N)CC1. The van der Waals surface area contributed by atoms with Crippen molar-refractivity contribution in [2.24, 2.45) is 5.41 Å². The summed E-state index contributed by atoms with van der Waals surface area (Å²) in [5.41, 5.74) is 0.548. The van der Waals surface area contributed by atoms with Crippen LogP contribution in [0.5, 0.6) is 0 Å². The molecular weight excluding hydrogens is 148 g/mol. The fourth-order valence-corrected chi connectivity index (χ4v) is 1.70. The van der Waals surface area contributed by atoms with Gasteiger partial charge in [-0.15, -0.1) is 0 Å². The van der Waals surface area contributed by atoms with Gasteiger partial charge < -0.3 is 0 Å². The lowest BCUT2D eigenvalue weighted by molar-refractivity contribution is 0.125. The first-order valence-corrected chi connectivity index (χ1v) is 4.79. The molecule has 1 saturated heterocycles. The zero-order chi connectivity index (χ0) is 9.03. The highest BCUT2D eigenvalue weighted by Crippen LogP contribution is 2.33. The fraction of sp³-hybridized carbons (Fsp3) is 0.900. The molecule has 0 saturated carbocycles. The molecule has 0 unspecified atom stereocenters. The Balaban J connectivity index is 2.35. The van der Waals surface area contributed by atoms with Gasteiger partial charge in [0.15, 0.2) is 0 Å². The Hall–Kier alpha value is -0.550. The molecule has 0 amide bonds. The van der Waals surface area contributed by atoms with Gasteiger partial charge in [-0.25, -0.2) is 0 Å². The van der Waals surface area contributed by atoms with Gasteiger partial charge in [0.25, 0.3) is 0 Å². The first-order chi connectivity index (χ1) is 5.70. The molecule has 2 nitrogen and oxygen atoms in total. The summed E-state index contributed by atoms with van der Waals surface area (Å²) in [6.07, 6.45) is 3.78. The van der Waals surface area contributed by atoms with Gasteiger partial charge in [0.2, 0.25) is 0 Å². The molecule has 1 fully saturated rings. The van der Waals surface area contributed by atoms with Crippen LogP contribution in [0.4, 0.5) is 0 Å². The molecular formula is C10H18N2. The van der Waals surface area contributed by atoms with Crippen molar-refractivity contribution in [3.05, 3.63) is 0 Å². The van der Waals surface area contributed by atoms with Crippen molar-refractivity contribution in [2.75, 3.05) is 19.6 Å². The Kier molecular flexibility index (Phi) is 3.11. The summed E-state index contributed by atoms with van der Waals surface area (Å²) in [7, 11) is 0. The maximum absolute atomic E-state index is 8.51. The minimum Gasteiger partial charge on any atom is -0.291 e. The Morgan fingerprint density at radius 3 is 2.42 bits per heavy atom. The van der Waals surface area contributed by atoms with E-state index in [1.807, 2.05) is 0 Å². The minimum atomic E-state index is 0.548. The van der Waals surface area contributed by atoms with E-state index in [4.69, 9.17) is 5.26 Å². The van der Waals surface area contributed by atoms with Gasteiger partial charge in [-0.3, -0.25) is 4.90 Å². The van der Waals surface area contributed by atoms with E-state index in [0.29, 0.717) is 12.0 Å². The van der Waals surface area contributed by atoms with Gasteiger partial charge in [0, 0.05) is 0 Å². The Labute approximate surface area is 75.2 Å². The van der Waals surface area contributed by atoms with Gasteiger partial charge in [-0.2, -0.15) is 5.26 Å². The molecule has 1 aliphatic rings. The summed E-state index contributed by atoms with van der Waals surface area (Å²) < 4.78 is 0. The molecule has 0 spiro atoms. The van der Waals surface area contributed by atoms with Crippen LogP contribution < -0.4 is 0 Å². The quantitative estimate of drug-likeness (QED) is 0.587. The van der Waals surface area contributed by atoms with E-state index in [0.717, 1.165) is 13.1 Å². The lowest BCUT2D eigenvalue weighted by Gasteiger charge is -2.37. The standard InChI is InChI=1S/C10H18N2/c1-3-10(2)4-7-12(8-5-10)9-6-11/h3-5,7-9H2,1-2H3. The van der Waals surface area contributed by atoms with Crippen molar-refractivity contribution in [3.8, 4) is 6.07 Å². The lowest BCUT2D eigenvalue weighted by atomic mass is 9.78. The van der Waals surface area contributed by atoms with Gasteiger partial charge in [0.05, 0.1) is 12.6 Å². The van der Waals surface area contributed by atoms with Crippen molar-refractivity contribution < 1.29 is 0 Å². The van der Waals surface area contributed by atoms with E-state index < -0.39 is 0 Å². The molecule has 0 N–H and O–H groups in total. The third kappa shape index (κ3) is 2.22. The monoisotopic (exact) mass is 166 g/mol. The topological polar surface area (TPSA) is 27.0 Å². The van der Waals surface area contributed by atoms with Crippen LogP contribution in [0.3, 0.4) is 0 Å². The maximum atomic E-state index is 8.51. The Morgan fingerprint density at radius 1 is 1.42 bits per heavy atom. The minimum absolute atomic E-state index is 0.548. The van der Waals surface area contributed by atoms with Crippen molar-refractivity contribution in [1.29, 1.82) is 5.26 Å². The van der Waals surface area contributed by atoms with Crippen molar-refractivity contribution >= 4 is 0 Å². The van der Waals surface area contributed by atoms with Crippen LogP contribution in [0, 0.1) is 16.7 Å². The predicted octanol–water partition coefficient (Wildman–Crippen LogP) is 2.02. The number of likely N-dealkylation sites (tertiary alicyclic amines) is 1. The molecule has 0 atom stereocenters. The van der Waals surface area contributed by atoms with Crippen molar-refractivity contribution in [1.82, 2.24) is 4.90 Å². The van der Waals surface area contributed by atoms with Crippen LogP contribution >= 0.6 is 0 Å². The lowest BCUT2D eigenvalue weighted by Crippen LogP contribution is -2.38. The fourth-order valence-electron chi connectivity index (χ4n) is 1.70. The molecule has 12 heavy (non-hydrogen) atoms. The van der Waals surface area contributed by atoms with Crippen LogP contribution in [0.1, 0.15) is 33.1 Å². The van der Waals surface area contributed by atoms with E-state index in [1.165, 1.54) is 19.3 Å². The third-order valence-corrected chi connectivity index (χ3v) is 3.21. The molecule has 0 aromatic heterocycles. The van der Waals surface area contributed by atoms with Crippen LogP contribution in [0.15, 0.2) is 0 Å². The van der Waals surface area contributed by atoms with Crippen LogP contribution in [-0.2, 0) is 0 Å². The van der Waals surface area contributed by atoms with E-state index in [2.05, 4.69) is 24.8 Å². The average molecular weight is 166 g/mol. The average Bonchev–Trinajstić information content (AvgIpc) is 2.10. The van der Waals surface area contributed by atoms with E-state index >= 15 is 0 Å². The summed E-state index contributed by atoms with van der Waals surface area (Å²) in [6.45, 7) is 7.45. The zero-order valence-electron chi connectivity index (χ0n) is 8.14. The number of nitriles is 1. The maximum Gasteiger partial charge on any atom is 0.0865 e. The highest BCUT2D eigenvalue weighted by Gasteiger charge is 2.27. The van der Waals surface area contributed by atoms with E-state index in [-0.39, 0.29) is 0 Å². The highest BCUT2D eigenvalue weighted by atomic mass is 15.1. The number of hydrogen-bond acceptors (Lipinski definition) is 2. The zero-order valence-corrected chi connectivity index (χ0v) is 8.14. The van der Waals surface area contributed by atoms with Crippen molar-refractivity contribution in [2.45, 2.75) is 33.1 Å². The summed E-state index contributed by atoms with van der Waals surface area (Å²) in [6, 6.07) is 2.21. The summed E-state index contributed by atoms with van der Waals surface area (Å²) in [5, 5.41) is 8.51. The molecule has 0 bridgehead atoms. The molecule has 0 radical (unpaired) electrons. The second kappa shape index (κ2) is 3.91. The summed E-state index contributed by atoms with van der Waals surface area (Å²) >= 11 is 0. The molecule has 1 heterocycles. The molecule has 0 aromatic rings. The van der Waals surface area contributed by atoms with Crippen LogP contribution in [0.25, 0.3) is 0 Å². The molecule has 1 aliphatic heterocycles. The number of hydrogen-bond donors (Lipinski definition) is 0. The number of rotatable bonds is 2. The van der Waals surface area contributed by atoms with E-state index in [1.54, 1.807) is 0 Å². The molecule has 2 heteroatoms. The Bertz CT molecular complexity index is 173. The summed E-state index contributed by atoms with van der Waals surface area (Å²) in [4.78, 5) is 2.25. The Morgan fingerprint density at radius 2 is 2.00 bits per heavy atom. The summed E-state index contributed by atoms with van der Waals surface area (Å²) in [5.74, 6) is 0. The number of piperidine rings is 1. The first-order valence-electron chi connectivity index (χ1n) is 4.79. The highest BCUT2D eigenvalue weighted by molar-refractivity contribution is 4.85. The van der Waals surface area contributed by atoms with Crippen LogP contribution in [-0.4, -0.2) is 24.5 Å². The molecule has 0 aliphatic carbocycles. The van der Waals surface area contributed by atoms with Gasteiger partial charge >= 0.3 is 0 Å². The number of nitrogens with zero attached hydrogens (tertiary/aromatic N) is 2. The van der Waals surface area contributed by atoms with E-state index in [9.17, 15) is 0 Å². The van der Waals surface area contributed by atoms with Gasteiger partial charge in [0.1, 0.15) is 0 Å². The third-order valence-electron chi connectivity index (χ3n) is 3.21. The van der Waals surface area contributed by atoms with Gasteiger partial charge in [-0.05, 0) is 31.3 Å². The molecule has 1 rings (SSSR count). The predicted molar refractivity (Wildman–Crippen MR) is 49.7 cm³/mol. The van der Waals surface area contributed by atoms with Gasteiger partial charge in [-0.1, -0.05) is 20.3 Å². The second-order valence-electron chi connectivity index (χ2n) is 4.10. The second-order valence-corrected chi connectivity index (χ2v) is 4.10. The first kappa shape index (κ1) is 9.54. The smallest absolute Gasteiger partial charge is 0.0865 e. The van der Waals surface area contributed by atoms with Crippen LogP contribution in [0.2, 0.25) is 0 Å². The normalized spacial score (nSPS) is 23.4.